The van der Waals surface area contributed by atoms with Crippen molar-refractivity contribution in [1.29, 1.82) is 0 Å². The topological polar surface area (TPSA) is 50.4 Å². The van der Waals surface area contributed by atoms with Gasteiger partial charge < -0.3 is 15.4 Å². The molecule has 0 aliphatic rings. The van der Waals surface area contributed by atoms with E-state index in [9.17, 15) is 4.79 Å². The number of benzene rings is 2. The Morgan fingerprint density at radius 3 is 2.62 bits per heavy atom. The van der Waals surface area contributed by atoms with Crippen molar-refractivity contribution in [2.24, 2.45) is 0 Å². The molecule has 0 saturated heterocycles. The van der Waals surface area contributed by atoms with E-state index in [1.165, 1.54) is 0 Å². The van der Waals surface area contributed by atoms with Crippen molar-refractivity contribution >= 4 is 34.8 Å². The molecular weight excluding hydrogens is 347 g/mol. The molecule has 0 bridgehead atoms. The van der Waals surface area contributed by atoms with Crippen molar-refractivity contribution in [1.82, 2.24) is 5.32 Å². The molecule has 0 saturated carbocycles. The largest absolute Gasteiger partial charge is 0.495 e. The normalized spacial score (nSPS) is 11.7. The lowest BCUT2D eigenvalue weighted by Gasteiger charge is -2.15. The van der Waals surface area contributed by atoms with Crippen molar-refractivity contribution in [3.05, 3.63) is 58.1 Å². The fourth-order valence-electron chi connectivity index (χ4n) is 2.30. The fourth-order valence-corrected chi connectivity index (χ4v) is 2.67. The minimum Gasteiger partial charge on any atom is -0.495 e. The molecule has 2 rings (SSSR count). The van der Waals surface area contributed by atoms with Crippen molar-refractivity contribution in [2.45, 2.75) is 19.4 Å². The molecule has 0 aliphatic carbocycles. The van der Waals surface area contributed by atoms with Gasteiger partial charge in [0, 0.05) is 23.0 Å². The number of carbonyl (C=O) groups excluding carboxylic acids is 1. The summed E-state index contributed by atoms with van der Waals surface area (Å²) in [7, 11) is 1.59. The van der Waals surface area contributed by atoms with E-state index < -0.39 is 0 Å². The van der Waals surface area contributed by atoms with Crippen molar-refractivity contribution in [2.75, 3.05) is 19.0 Å². The van der Waals surface area contributed by atoms with Gasteiger partial charge in [-0.3, -0.25) is 4.79 Å². The van der Waals surface area contributed by atoms with Crippen LogP contribution in [-0.2, 0) is 4.79 Å². The zero-order valence-corrected chi connectivity index (χ0v) is 15.1. The van der Waals surface area contributed by atoms with Gasteiger partial charge in [0.1, 0.15) is 5.75 Å². The van der Waals surface area contributed by atoms with Gasteiger partial charge in [-0.2, -0.15) is 0 Å². The second-order valence-corrected chi connectivity index (χ2v) is 6.24. The van der Waals surface area contributed by atoms with Gasteiger partial charge in [-0.1, -0.05) is 35.3 Å². The van der Waals surface area contributed by atoms with Crippen LogP contribution in [0.15, 0.2) is 42.5 Å². The van der Waals surface area contributed by atoms with Crippen molar-refractivity contribution in [3.8, 4) is 5.75 Å². The number of rotatable bonds is 7. The standard InChI is InChI=1S/C18H20Cl2N2O2/c1-12(13-4-3-5-14(19)10-13)22-18(23)8-9-21-16-11-15(20)6-7-17(16)24-2/h3-7,10-12,21H,8-9H2,1-2H3,(H,22,23)/t12-/m1/s1. The number of hydrogen-bond acceptors (Lipinski definition) is 3. The van der Waals surface area contributed by atoms with Gasteiger partial charge in [-0.15, -0.1) is 0 Å². The highest BCUT2D eigenvalue weighted by Crippen LogP contribution is 2.27. The lowest BCUT2D eigenvalue weighted by molar-refractivity contribution is -0.121. The van der Waals surface area contributed by atoms with Gasteiger partial charge in [-0.25, -0.2) is 0 Å². The van der Waals surface area contributed by atoms with Gasteiger partial charge in [0.2, 0.25) is 5.91 Å². The first-order valence-electron chi connectivity index (χ1n) is 7.62. The van der Waals surface area contributed by atoms with E-state index in [1.807, 2.05) is 31.2 Å². The van der Waals surface area contributed by atoms with Gasteiger partial charge in [0.05, 0.1) is 18.8 Å². The van der Waals surface area contributed by atoms with Crippen LogP contribution in [0, 0.1) is 0 Å². The first-order valence-corrected chi connectivity index (χ1v) is 8.37. The molecule has 1 amide bonds. The third-order valence-corrected chi connectivity index (χ3v) is 4.03. The van der Waals surface area contributed by atoms with Crippen LogP contribution in [0.2, 0.25) is 10.0 Å². The minimum atomic E-state index is -0.100. The summed E-state index contributed by atoms with van der Waals surface area (Å²) in [5.41, 5.74) is 1.74. The molecule has 0 unspecified atom stereocenters. The second kappa shape index (κ2) is 8.81. The van der Waals surface area contributed by atoms with Gasteiger partial charge in [0.15, 0.2) is 0 Å². The van der Waals surface area contributed by atoms with E-state index in [-0.39, 0.29) is 11.9 Å². The molecule has 4 nitrogen and oxygen atoms in total. The Balaban J connectivity index is 1.84. The molecule has 0 heterocycles. The lowest BCUT2D eigenvalue weighted by atomic mass is 10.1. The first kappa shape index (κ1) is 18.4. The maximum atomic E-state index is 12.1. The fraction of sp³-hybridized carbons (Fsp3) is 0.278. The van der Waals surface area contributed by atoms with Crippen LogP contribution in [-0.4, -0.2) is 19.6 Å². The third-order valence-electron chi connectivity index (χ3n) is 3.56. The van der Waals surface area contributed by atoms with Gasteiger partial charge in [0.25, 0.3) is 0 Å². The number of ether oxygens (including phenoxy) is 1. The maximum absolute atomic E-state index is 12.1. The Kier molecular flexibility index (Phi) is 6.76. The smallest absolute Gasteiger partial charge is 0.222 e. The first-order chi connectivity index (χ1) is 11.5. The van der Waals surface area contributed by atoms with E-state index in [1.54, 1.807) is 25.3 Å². The highest BCUT2D eigenvalue weighted by Gasteiger charge is 2.10. The molecule has 0 radical (unpaired) electrons. The Morgan fingerprint density at radius 1 is 1.17 bits per heavy atom. The lowest BCUT2D eigenvalue weighted by Crippen LogP contribution is -2.28. The van der Waals surface area contributed by atoms with Crippen LogP contribution in [0.3, 0.4) is 0 Å². The second-order valence-electron chi connectivity index (χ2n) is 5.37. The SMILES string of the molecule is COc1ccc(Cl)cc1NCCC(=O)N[C@H](C)c1cccc(Cl)c1. The molecule has 0 aromatic heterocycles. The molecule has 24 heavy (non-hydrogen) atoms. The summed E-state index contributed by atoms with van der Waals surface area (Å²) in [5.74, 6) is 0.642. The summed E-state index contributed by atoms with van der Waals surface area (Å²) in [5, 5.41) is 7.39. The van der Waals surface area contributed by atoms with Crippen molar-refractivity contribution < 1.29 is 9.53 Å². The molecule has 2 aromatic rings. The van der Waals surface area contributed by atoms with E-state index in [4.69, 9.17) is 27.9 Å². The van der Waals surface area contributed by atoms with Gasteiger partial charge >= 0.3 is 0 Å². The summed E-state index contributed by atoms with van der Waals surface area (Å²) in [6.45, 7) is 2.40. The predicted octanol–water partition coefficient (Wildman–Crippen LogP) is 4.68. The molecule has 2 N–H and O–H groups in total. The summed E-state index contributed by atoms with van der Waals surface area (Å²) >= 11 is 12.0. The van der Waals surface area contributed by atoms with Crippen LogP contribution >= 0.6 is 23.2 Å². The van der Waals surface area contributed by atoms with Crippen LogP contribution in [0.1, 0.15) is 24.9 Å². The van der Waals surface area contributed by atoms with E-state index >= 15 is 0 Å². The number of hydrogen-bond donors (Lipinski definition) is 2. The molecule has 0 fully saturated rings. The monoisotopic (exact) mass is 366 g/mol. The Bertz CT molecular complexity index is 707. The highest BCUT2D eigenvalue weighted by atomic mass is 35.5. The minimum absolute atomic E-state index is 0.0454. The molecule has 2 aromatic carbocycles. The molecular formula is C18H20Cl2N2O2. The molecule has 0 aliphatic heterocycles. The van der Waals surface area contributed by atoms with E-state index in [2.05, 4.69) is 10.6 Å². The zero-order valence-electron chi connectivity index (χ0n) is 13.6. The molecule has 0 spiro atoms. The summed E-state index contributed by atoms with van der Waals surface area (Å²) in [6, 6.07) is 12.7. The quantitative estimate of drug-likeness (QED) is 0.747. The van der Waals surface area contributed by atoms with Crippen LogP contribution < -0.4 is 15.4 Å². The summed E-state index contributed by atoms with van der Waals surface area (Å²) in [6.07, 6.45) is 0.334. The van der Waals surface area contributed by atoms with Crippen LogP contribution in [0.5, 0.6) is 5.75 Å². The number of amides is 1. The Hall–Kier alpha value is -1.91. The average molecular weight is 367 g/mol. The summed E-state index contributed by atoms with van der Waals surface area (Å²) in [4.78, 5) is 12.1. The maximum Gasteiger partial charge on any atom is 0.222 e. The Morgan fingerprint density at radius 2 is 1.92 bits per heavy atom. The number of carbonyl (C=O) groups is 1. The zero-order chi connectivity index (χ0) is 17.5. The van der Waals surface area contributed by atoms with Crippen molar-refractivity contribution in [3.63, 3.8) is 0 Å². The molecule has 1 atom stereocenters. The van der Waals surface area contributed by atoms with Crippen LogP contribution in [0.4, 0.5) is 5.69 Å². The van der Waals surface area contributed by atoms with Crippen LogP contribution in [0.25, 0.3) is 0 Å². The van der Waals surface area contributed by atoms with E-state index in [0.717, 1.165) is 11.3 Å². The van der Waals surface area contributed by atoms with E-state index in [0.29, 0.717) is 28.8 Å². The third kappa shape index (κ3) is 5.32. The predicted molar refractivity (Wildman–Crippen MR) is 99.1 cm³/mol. The highest BCUT2D eigenvalue weighted by molar-refractivity contribution is 6.31. The molecule has 128 valence electrons. The average Bonchev–Trinajstić information content (AvgIpc) is 2.55. The number of anilines is 1. The number of methoxy groups -OCH3 is 1. The van der Waals surface area contributed by atoms with Gasteiger partial charge in [-0.05, 0) is 42.8 Å². The Labute approximate surface area is 152 Å². The molecule has 6 heteroatoms. The number of nitrogens with one attached hydrogen (secondary N) is 2. The summed E-state index contributed by atoms with van der Waals surface area (Å²) < 4.78 is 5.26. The number of halogens is 2.